The van der Waals surface area contributed by atoms with Gasteiger partial charge in [-0.2, -0.15) is 0 Å². The van der Waals surface area contributed by atoms with Gasteiger partial charge >= 0.3 is 5.97 Å². The third kappa shape index (κ3) is 2.16. The molecule has 6 nitrogen and oxygen atoms in total. The van der Waals surface area contributed by atoms with Crippen molar-refractivity contribution in [2.45, 2.75) is 19.4 Å². The van der Waals surface area contributed by atoms with Gasteiger partial charge in [0.05, 0.1) is 12.8 Å². The van der Waals surface area contributed by atoms with Crippen molar-refractivity contribution in [1.29, 1.82) is 0 Å². The zero-order valence-electron chi connectivity index (χ0n) is 9.60. The van der Waals surface area contributed by atoms with Crippen LogP contribution >= 0.6 is 11.3 Å². The molecule has 0 aliphatic carbocycles. The molecule has 17 heavy (non-hydrogen) atoms. The van der Waals surface area contributed by atoms with E-state index in [1.54, 1.807) is 6.92 Å². The Morgan fingerprint density at radius 2 is 2.35 bits per heavy atom. The summed E-state index contributed by atoms with van der Waals surface area (Å²) in [5.41, 5.74) is 6.28. The lowest BCUT2D eigenvalue weighted by molar-refractivity contribution is -0.117. The largest absolute Gasteiger partial charge is 0.465 e. The summed E-state index contributed by atoms with van der Waals surface area (Å²) < 4.78 is 4.64. The summed E-state index contributed by atoms with van der Waals surface area (Å²) in [6.07, 6.45) is 0.326. The van der Waals surface area contributed by atoms with E-state index in [0.717, 1.165) is 11.3 Å². The maximum absolute atomic E-state index is 11.6. The number of carbonyl (C=O) groups excluding carboxylic acids is 2. The van der Waals surface area contributed by atoms with Crippen LogP contribution in [-0.2, 0) is 9.53 Å². The van der Waals surface area contributed by atoms with E-state index in [1.807, 2.05) is 0 Å². The minimum absolute atomic E-state index is 0.0531. The molecule has 0 aromatic carbocycles. The molecule has 1 unspecified atom stereocenters. The average Bonchev–Trinajstić information content (AvgIpc) is 2.80. The zero-order valence-corrected chi connectivity index (χ0v) is 10.4. The molecule has 0 spiro atoms. The molecule has 1 amide bonds. The second-order valence-electron chi connectivity index (χ2n) is 3.87. The third-order valence-electron chi connectivity index (χ3n) is 2.54. The Bertz CT molecular complexity index is 471. The van der Waals surface area contributed by atoms with E-state index in [-0.39, 0.29) is 11.9 Å². The van der Waals surface area contributed by atoms with Crippen LogP contribution in [0.2, 0.25) is 0 Å². The number of hydrogen-bond donors (Lipinski definition) is 1. The van der Waals surface area contributed by atoms with E-state index in [0.29, 0.717) is 28.7 Å². The molecule has 92 valence electrons. The van der Waals surface area contributed by atoms with Crippen molar-refractivity contribution in [3.05, 3.63) is 10.6 Å². The minimum Gasteiger partial charge on any atom is -0.465 e. The van der Waals surface area contributed by atoms with Crippen molar-refractivity contribution in [3.8, 4) is 0 Å². The van der Waals surface area contributed by atoms with Crippen LogP contribution in [0.25, 0.3) is 0 Å². The summed E-state index contributed by atoms with van der Waals surface area (Å²) in [6.45, 7) is 2.17. The molecular weight excluding hydrogens is 242 g/mol. The van der Waals surface area contributed by atoms with Gasteiger partial charge in [0, 0.05) is 19.0 Å². The Balaban J connectivity index is 2.29. The monoisotopic (exact) mass is 255 g/mol. The smallest absolute Gasteiger partial charge is 0.350 e. The molecule has 1 aliphatic rings. The van der Waals surface area contributed by atoms with Crippen LogP contribution in [0.4, 0.5) is 5.13 Å². The molecule has 1 fully saturated rings. The summed E-state index contributed by atoms with van der Waals surface area (Å²) in [7, 11) is 1.32. The summed E-state index contributed by atoms with van der Waals surface area (Å²) in [6, 6.07) is -0.159. The lowest BCUT2D eigenvalue weighted by Crippen LogP contribution is -2.27. The third-order valence-corrected chi connectivity index (χ3v) is 3.70. The molecule has 7 heteroatoms. The Hall–Kier alpha value is -1.47. The summed E-state index contributed by atoms with van der Waals surface area (Å²) in [5.74, 6) is -0.482. The predicted octanol–water partition coefficient (Wildman–Crippen LogP) is 0.302. The Labute approximate surface area is 102 Å². The van der Waals surface area contributed by atoms with Gasteiger partial charge < -0.3 is 10.5 Å². The van der Waals surface area contributed by atoms with Crippen molar-refractivity contribution < 1.29 is 14.3 Å². The highest BCUT2D eigenvalue weighted by atomic mass is 32.1. The van der Waals surface area contributed by atoms with Crippen LogP contribution in [0.15, 0.2) is 0 Å². The van der Waals surface area contributed by atoms with E-state index in [4.69, 9.17) is 5.73 Å². The van der Waals surface area contributed by atoms with Crippen LogP contribution < -0.4 is 10.6 Å². The lowest BCUT2D eigenvalue weighted by atomic mass is 10.3. The van der Waals surface area contributed by atoms with Gasteiger partial charge in [-0.1, -0.05) is 11.3 Å². The SMILES string of the molecule is COC(=O)c1sc(N2CC(N)CC2=O)nc1C. The maximum atomic E-state index is 11.6. The molecule has 1 atom stereocenters. The van der Waals surface area contributed by atoms with Gasteiger partial charge in [0.25, 0.3) is 0 Å². The Kier molecular flexibility index (Phi) is 3.12. The number of rotatable bonds is 2. The molecule has 2 heterocycles. The van der Waals surface area contributed by atoms with Crippen molar-refractivity contribution in [2.75, 3.05) is 18.6 Å². The first kappa shape index (κ1) is 12.0. The number of anilines is 1. The van der Waals surface area contributed by atoms with Gasteiger partial charge in [-0.25, -0.2) is 9.78 Å². The zero-order chi connectivity index (χ0) is 12.6. The number of nitrogens with two attached hydrogens (primary N) is 1. The van der Waals surface area contributed by atoms with Crippen LogP contribution in [0.1, 0.15) is 21.8 Å². The highest BCUT2D eigenvalue weighted by molar-refractivity contribution is 7.17. The van der Waals surface area contributed by atoms with Crippen molar-refractivity contribution in [3.63, 3.8) is 0 Å². The van der Waals surface area contributed by atoms with E-state index < -0.39 is 5.97 Å². The first-order valence-corrected chi connectivity index (χ1v) is 5.96. The normalized spacial score (nSPS) is 19.8. The molecule has 0 radical (unpaired) electrons. The van der Waals surface area contributed by atoms with Crippen LogP contribution in [0, 0.1) is 6.92 Å². The average molecular weight is 255 g/mol. The highest BCUT2D eigenvalue weighted by Gasteiger charge is 2.31. The molecule has 0 bridgehead atoms. The van der Waals surface area contributed by atoms with Gasteiger partial charge in [-0.15, -0.1) is 0 Å². The first-order chi connectivity index (χ1) is 8.02. The number of esters is 1. The van der Waals surface area contributed by atoms with E-state index >= 15 is 0 Å². The second kappa shape index (κ2) is 4.42. The number of thiazole rings is 1. The summed E-state index contributed by atoms with van der Waals surface area (Å²) in [5, 5.41) is 0.515. The van der Waals surface area contributed by atoms with Gasteiger partial charge in [0.15, 0.2) is 5.13 Å². The standard InChI is InChI=1S/C10H13N3O3S/c1-5-8(9(15)16-2)17-10(12-5)13-4-6(11)3-7(13)14/h6H,3-4,11H2,1-2H3. The van der Waals surface area contributed by atoms with E-state index in [1.165, 1.54) is 12.0 Å². The quantitative estimate of drug-likeness (QED) is 0.768. The topological polar surface area (TPSA) is 85.5 Å². The van der Waals surface area contributed by atoms with Crippen LogP contribution in [0.5, 0.6) is 0 Å². The van der Waals surface area contributed by atoms with E-state index in [2.05, 4.69) is 9.72 Å². The molecule has 1 aromatic rings. The molecule has 2 rings (SSSR count). The number of hydrogen-bond acceptors (Lipinski definition) is 6. The van der Waals surface area contributed by atoms with Gasteiger partial charge in [0.1, 0.15) is 4.88 Å². The highest BCUT2D eigenvalue weighted by Crippen LogP contribution is 2.29. The summed E-state index contributed by atoms with van der Waals surface area (Å²) in [4.78, 5) is 29.2. The van der Waals surface area contributed by atoms with Crippen molar-refractivity contribution in [1.82, 2.24) is 4.98 Å². The number of aromatic nitrogens is 1. The lowest BCUT2D eigenvalue weighted by Gasteiger charge is -2.10. The Morgan fingerprint density at radius 1 is 1.65 bits per heavy atom. The Morgan fingerprint density at radius 3 is 2.88 bits per heavy atom. The summed E-state index contributed by atoms with van der Waals surface area (Å²) >= 11 is 1.16. The van der Waals surface area contributed by atoms with Crippen molar-refractivity contribution >= 4 is 28.3 Å². The molecule has 1 aliphatic heterocycles. The molecule has 0 saturated carbocycles. The number of nitrogens with zero attached hydrogens (tertiary/aromatic N) is 2. The number of aryl methyl sites for hydroxylation is 1. The fraction of sp³-hybridized carbons (Fsp3) is 0.500. The van der Waals surface area contributed by atoms with Crippen molar-refractivity contribution in [2.24, 2.45) is 5.73 Å². The van der Waals surface area contributed by atoms with Crippen LogP contribution in [-0.4, -0.2) is 36.6 Å². The maximum Gasteiger partial charge on any atom is 0.350 e. The number of carbonyl (C=O) groups is 2. The first-order valence-electron chi connectivity index (χ1n) is 5.14. The molecule has 1 saturated heterocycles. The van der Waals surface area contributed by atoms with Crippen LogP contribution in [0.3, 0.4) is 0 Å². The number of methoxy groups -OCH3 is 1. The van der Waals surface area contributed by atoms with E-state index in [9.17, 15) is 9.59 Å². The fourth-order valence-corrected chi connectivity index (χ4v) is 2.71. The van der Waals surface area contributed by atoms with Gasteiger partial charge in [-0.3, -0.25) is 9.69 Å². The van der Waals surface area contributed by atoms with Gasteiger partial charge in [-0.05, 0) is 6.92 Å². The fourth-order valence-electron chi connectivity index (χ4n) is 1.70. The molecular formula is C10H13N3O3S. The number of amides is 1. The second-order valence-corrected chi connectivity index (χ2v) is 4.85. The number of ether oxygens (including phenoxy) is 1. The minimum atomic E-state index is -0.429. The van der Waals surface area contributed by atoms with Gasteiger partial charge in [0.2, 0.25) is 5.91 Å². The molecule has 1 aromatic heterocycles. The predicted molar refractivity (Wildman–Crippen MR) is 63.1 cm³/mol. The molecule has 2 N–H and O–H groups in total.